The zero-order valence-corrected chi connectivity index (χ0v) is 16.9. The van der Waals surface area contributed by atoms with Crippen LogP contribution >= 0.6 is 31.9 Å². The largest absolute Gasteiger partial charge is 0.369 e. The Kier molecular flexibility index (Phi) is 4.29. The number of anilines is 1. The van der Waals surface area contributed by atoms with Gasteiger partial charge in [-0.05, 0) is 69.6 Å². The van der Waals surface area contributed by atoms with Crippen molar-refractivity contribution in [2.45, 2.75) is 12.8 Å². The van der Waals surface area contributed by atoms with E-state index in [4.69, 9.17) is 10.7 Å². The minimum Gasteiger partial charge on any atom is -0.369 e. The van der Waals surface area contributed by atoms with Gasteiger partial charge in [0.25, 0.3) is 0 Å². The number of aryl methyl sites for hydroxylation is 2. The van der Waals surface area contributed by atoms with E-state index in [0.717, 1.165) is 33.2 Å². The summed E-state index contributed by atoms with van der Waals surface area (Å²) in [7, 11) is 1.92. The summed E-state index contributed by atoms with van der Waals surface area (Å²) >= 11 is 7.09. The molecule has 0 fully saturated rings. The highest BCUT2D eigenvalue weighted by Gasteiger charge is 2.16. The highest BCUT2D eigenvalue weighted by atomic mass is 79.9. The van der Waals surface area contributed by atoms with Gasteiger partial charge in [-0.25, -0.2) is 4.99 Å². The van der Waals surface area contributed by atoms with Crippen molar-refractivity contribution in [1.29, 1.82) is 0 Å². The van der Waals surface area contributed by atoms with Gasteiger partial charge in [0, 0.05) is 21.4 Å². The molecule has 1 aliphatic carbocycles. The Morgan fingerprint density at radius 1 is 1.04 bits per heavy atom. The van der Waals surface area contributed by atoms with Crippen LogP contribution < -0.4 is 10.6 Å². The van der Waals surface area contributed by atoms with Crippen molar-refractivity contribution in [3.05, 3.63) is 68.6 Å². The van der Waals surface area contributed by atoms with E-state index in [1.807, 2.05) is 30.1 Å². The lowest BCUT2D eigenvalue weighted by Gasteiger charge is -2.20. The maximum Gasteiger partial charge on any atom is 0.200 e. The number of hydrogen-bond acceptors (Lipinski definition) is 1. The Morgan fingerprint density at radius 3 is 2.60 bits per heavy atom. The summed E-state index contributed by atoms with van der Waals surface area (Å²) < 4.78 is 1.97. The van der Waals surface area contributed by atoms with Crippen LogP contribution in [0.5, 0.6) is 0 Å². The van der Waals surface area contributed by atoms with Crippen LogP contribution in [0.1, 0.15) is 11.1 Å². The molecule has 2 N–H and O–H groups in total. The monoisotopic (exact) mass is 457 g/mol. The Labute approximate surface area is 163 Å². The van der Waals surface area contributed by atoms with E-state index in [-0.39, 0.29) is 0 Å². The first-order valence-corrected chi connectivity index (χ1v) is 9.69. The molecule has 0 atom stereocenters. The molecule has 0 saturated heterocycles. The Bertz CT molecular complexity index is 1000. The number of guanidine groups is 1. The molecule has 3 nitrogen and oxygen atoms in total. The molecule has 1 aliphatic rings. The van der Waals surface area contributed by atoms with Crippen LogP contribution in [0.15, 0.2) is 62.5 Å². The van der Waals surface area contributed by atoms with Crippen LogP contribution in [0.3, 0.4) is 0 Å². The van der Waals surface area contributed by atoms with Crippen molar-refractivity contribution in [1.82, 2.24) is 0 Å². The van der Waals surface area contributed by atoms with Crippen molar-refractivity contribution in [2.75, 3.05) is 11.9 Å². The van der Waals surface area contributed by atoms with Gasteiger partial charge >= 0.3 is 0 Å². The predicted molar refractivity (Wildman–Crippen MR) is 113 cm³/mol. The van der Waals surface area contributed by atoms with Crippen molar-refractivity contribution in [3.8, 4) is 0 Å². The van der Waals surface area contributed by atoms with Crippen molar-refractivity contribution >= 4 is 60.0 Å². The highest BCUT2D eigenvalue weighted by Crippen LogP contribution is 2.36. The summed E-state index contributed by atoms with van der Waals surface area (Å²) in [5.74, 6) is 0.456. The molecule has 25 heavy (non-hydrogen) atoms. The molecule has 3 aromatic carbocycles. The molecule has 0 spiro atoms. The zero-order chi connectivity index (χ0) is 17.6. The third-order valence-corrected chi connectivity index (χ3v) is 5.87. The van der Waals surface area contributed by atoms with E-state index in [2.05, 4.69) is 62.2 Å². The Morgan fingerprint density at radius 2 is 1.80 bits per heavy atom. The maximum absolute atomic E-state index is 6.32. The molecule has 0 aliphatic heterocycles. The van der Waals surface area contributed by atoms with E-state index < -0.39 is 0 Å². The second kappa shape index (κ2) is 6.46. The van der Waals surface area contributed by atoms with Crippen LogP contribution in [0, 0.1) is 0 Å². The molecule has 0 aromatic heterocycles. The molecular weight excluding hydrogens is 442 g/mol. The van der Waals surface area contributed by atoms with Gasteiger partial charge in [-0.2, -0.15) is 0 Å². The fraction of sp³-hybridized carbons (Fsp3) is 0.150. The molecule has 126 valence electrons. The predicted octanol–water partition coefficient (Wildman–Crippen LogP) is 5.55. The summed E-state index contributed by atoms with van der Waals surface area (Å²) in [5, 5.41) is 2.53. The molecule has 3 aromatic rings. The summed E-state index contributed by atoms with van der Waals surface area (Å²) in [6.07, 6.45) is 2.22. The first-order chi connectivity index (χ1) is 12.0. The third kappa shape index (κ3) is 2.96. The van der Waals surface area contributed by atoms with Gasteiger partial charge in [-0.1, -0.05) is 40.2 Å². The van der Waals surface area contributed by atoms with E-state index >= 15 is 0 Å². The van der Waals surface area contributed by atoms with Crippen LogP contribution in [-0.4, -0.2) is 13.0 Å². The third-order valence-electron chi connectivity index (χ3n) is 4.70. The van der Waals surface area contributed by atoms with Gasteiger partial charge in [0.1, 0.15) is 0 Å². The average molecular weight is 459 g/mol. The number of halogens is 2. The van der Waals surface area contributed by atoms with Gasteiger partial charge in [0.15, 0.2) is 0 Å². The normalized spacial score (nSPS) is 13.5. The van der Waals surface area contributed by atoms with Gasteiger partial charge in [-0.3, -0.25) is 0 Å². The fourth-order valence-corrected chi connectivity index (χ4v) is 4.26. The number of benzene rings is 3. The van der Waals surface area contributed by atoms with Crippen molar-refractivity contribution in [2.24, 2.45) is 10.7 Å². The molecule has 0 amide bonds. The lowest BCUT2D eigenvalue weighted by Crippen LogP contribution is -2.33. The molecular formula is C20H17Br2N3. The lowest BCUT2D eigenvalue weighted by molar-refractivity contribution is 1.02. The molecule has 0 saturated carbocycles. The quantitative estimate of drug-likeness (QED) is 0.404. The molecule has 0 bridgehead atoms. The van der Waals surface area contributed by atoms with E-state index in [0.29, 0.717) is 5.96 Å². The van der Waals surface area contributed by atoms with Crippen molar-refractivity contribution < 1.29 is 0 Å². The smallest absolute Gasteiger partial charge is 0.200 e. The van der Waals surface area contributed by atoms with Crippen LogP contribution in [-0.2, 0) is 12.8 Å². The van der Waals surface area contributed by atoms with Gasteiger partial charge in [0.2, 0.25) is 5.96 Å². The Balaban J connectivity index is 1.78. The first-order valence-electron chi connectivity index (χ1n) is 8.11. The second-order valence-corrected chi connectivity index (χ2v) is 7.98. The minimum atomic E-state index is 0.456. The fourth-order valence-electron chi connectivity index (χ4n) is 3.39. The molecule has 0 unspecified atom stereocenters. The number of nitrogens with zero attached hydrogens (tertiary/aromatic N) is 2. The SMILES string of the molecule is CN(C(N)=Nc1ccc2c3c(cccc13)CC2)c1cc(Br)ccc1Br. The van der Waals surface area contributed by atoms with E-state index in [1.54, 1.807) is 0 Å². The molecule has 0 heterocycles. The zero-order valence-electron chi connectivity index (χ0n) is 13.8. The molecule has 4 rings (SSSR count). The van der Waals surface area contributed by atoms with Crippen LogP contribution in [0.25, 0.3) is 10.8 Å². The lowest BCUT2D eigenvalue weighted by atomic mass is 10.0. The van der Waals surface area contributed by atoms with E-state index in [9.17, 15) is 0 Å². The van der Waals surface area contributed by atoms with E-state index in [1.165, 1.54) is 21.9 Å². The summed E-state index contributed by atoms with van der Waals surface area (Å²) in [6, 6.07) is 16.7. The number of aliphatic imine (C=N–C) groups is 1. The van der Waals surface area contributed by atoms with Gasteiger partial charge < -0.3 is 10.6 Å². The second-order valence-electron chi connectivity index (χ2n) is 6.21. The molecule has 5 heteroatoms. The van der Waals surface area contributed by atoms with Gasteiger partial charge in [-0.15, -0.1) is 0 Å². The Hall–Kier alpha value is -1.85. The standard InChI is InChI=1S/C20H17Br2N3/c1-25(18-11-14(21)8-9-16(18)22)20(23)24-17-10-7-13-6-5-12-3-2-4-15(17)19(12)13/h2-4,7-11H,5-6H2,1H3,(H2,23,24). The first kappa shape index (κ1) is 16.6. The van der Waals surface area contributed by atoms with Crippen LogP contribution in [0.4, 0.5) is 11.4 Å². The van der Waals surface area contributed by atoms with Crippen molar-refractivity contribution in [3.63, 3.8) is 0 Å². The average Bonchev–Trinajstić information content (AvgIpc) is 3.03. The minimum absolute atomic E-state index is 0.456. The topological polar surface area (TPSA) is 41.6 Å². The van der Waals surface area contributed by atoms with Crippen LogP contribution in [0.2, 0.25) is 0 Å². The number of nitrogens with two attached hydrogens (primary N) is 1. The van der Waals surface area contributed by atoms with Gasteiger partial charge in [0.05, 0.1) is 11.4 Å². The highest BCUT2D eigenvalue weighted by molar-refractivity contribution is 9.11. The number of hydrogen-bond donors (Lipinski definition) is 1. The maximum atomic E-state index is 6.32. The summed E-state index contributed by atoms with van der Waals surface area (Å²) in [5.41, 5.74) is 11.0. The summed E-state index contributed by atoms with van der Waals surface area (Å²) in [4.78, 5) is 6.62. The number of rotatable bonds is 2. The molecule has 0 radical (unpaired) electrons. The summed E-state index contributed by atoms with van der Waals surface area (Å²) in [6.45, 7) is 0.